The Morgan fingerprint density at radius 2 is 1.93 bits per heavy atom. The summed E-state index contributed by atoms with van der Waals surface area (Å²) in [7, 11) is 1.98. The van der Waals surface area contributed by atoms with Crippen molar-refractivity contribution >= 4 is 11.5 Å². The number of hydrogen-bond acceptors (Lipinski definition) is 4. The van der Waals surface area contributed by atoms with Crippen LogP contribution in [0.3, 0.4) is 0 Å². The van der Waals surface area contributed by atoms with Gasteiger partial charge in [-0.3, -0.25) is 4.79 Å². The van der Waals surface area contributed by atoms with Gasteiger partial charge in [0, 0.05) is 11.8 Å². The Morgan fingerprint density at radius 3 is 2.69 bits per heavy atom. The quantitative estimate of drug-likeness (QED) is 0.523. The number of nitrogens with zero attached hydrogens (tertiary/aromatic N) is 1. The van der Waals surface area contributed by atoms with Crippen LogP contribution in [0, 0.1) is 39.9 Å². The Labute approximate surface area is 176 Å². The highest BCUT2D eigenvalue weighted by Gasteiger charge is 2.68. The van der Waals surface area contributed by atoms with E-state index in [2.05, 4.69) is 24.3 Å². The molecule has 0 aromatic heterocycles. The first-order chi connectivity index (χ1) is 13.9. The Kier molecular flexibility index (Phi) is 4.88. The van der Waals surface area contributed by atoms with Crippen LogP contribution >= 0.6 is 0 Å². The van der Waals surface area contributed by atoms with E-state index in [1.165, 1.54) is 44.2 Å². The van der Waals surface area contributed by atoms with Gasteiger partial charge in [-0.1, -0.05) is 19.0 Å². The molecule has 4 nitrogen and oxygen atoms in total. The van der Waals surface area contributed by atoms with Gasteiger partial charge in [0.05, 0.1) is 5.71 Å². The third kappa shape index (κ3) is 3.03. The van der Waals surface area contributed by atoms with E-state index in [4.69, 9.17) is 4.84 Å². The van der Waals surface area contributed by atoms with Crippen LogP contribution in [0.5, 0.6) is 0 Å². The number of carbonyl (C=O) groups is 1. The standard InChI is InChI=1S/C25H40N2O2/c1-23-9-7-17(27-29-14-4-13-26-3)15-21(23)25(11-12-25)16-18-19-5-6-22(28)24(19,2)10-8-20(18)23/h18-21,26H,4-16H2,1-3H3/b27-17+/t18-,19-,20-,21-,23+,24-/m0/s1. The van der Waals surface area contributed by atoms with Crippen molar-refractivity contribution in [1.82, 2.24) is 5.32 Å². The molecule has 0 aromatic rings. The van der Waals surface area contributed by atoms with Crippen molar-refractivity contribution in [2.24, 2.45) is 45.1 Å². The van der Waals surface area contributed by atoms with E-state index >= 15 is 0 Å². The molecule has 5 saturated carbocycles. The molecule has 0 heterocycles. The first-order valence-electron chi connectivity index (χ1n) is 12.3. The molecule has 5 aliphatic rings. The van der Waals surface area contributed by atoms with Gasteiger partial charge >= 0.3 is 0 Å². The molecule has 29 heavy (non-hydrogen) atoms. The lowest BCUT2D eigenvalue weighted by Gasteiger charge is -2.62. The Bertz CT molecular complexity index is 699. The topological polar surface area (TPSA) is 50.7 Å². The molecule has 1 N–H and O–H groups in total. The lowest BCUT2D eigenvalue weighted by molar-refractivity contribution is -0.145. The van der Waals surface area contributed by atoms with Crippen molar-refractivity contribution in [2.75, 3.05) is 20.2 Å². The summed E-state index contributed by atoms with van der Waals surface area (Å²) in [5.74, 6) is 3.63. The van der Waals surface area contributed by atoms with E-state index in [1.54, 1.807) is 0 Å². The van der Waals surface area contributed by atoms with E-state index in [1.807, 2.05) is 7.05 Å². The molecule has 0 aromatic carbocycles. The maximum absolute atomic E-state index is 12.7. The molecular formula is C25H40N2O2. The molecule has 5 rings (SSSR count). The largest absolute Gasteiger partial charge is 0.396 e. The molecular weight excluding hydrogens is 360 g/mol. The van der Waals surface area contributed by atoms with E-state index in [9.17, 15) is 4.79 Å². The fraction of sp³-hybridized carbons (Fsp3) is 0.920. The lowest BCUT2D eigenvalue weighted by Crippen LogP contribution is -2.57. The molecule has 5 fully saturated rings. The van der Waals surface area contributed by atoms with Crippen molar-refractivity contribution in [1.29, 1.82) is 0 Å². The van der Waals surface area contributed by atoms with Crippen LogP contribution in [0.15, 0.2) is 5.16 Å². The number of oxime groups is 1. The number of Topliss-reactive ketones (excluding diaryl/α,β-unsaturated/α-hetero) is 1. The number of rotatable bonds is 5. The predicted molar refractivity (Wildman–Crippen MR) is 116 cm³/mol. The zero-order valence-corrected chi connectivity index (χ0v) is 18.8. The Hall–Kier alpha value is -0.900. The minimum Gasteiger partial charge on any atom is -0.396 e. The molecule has 4 heteroatoms. The van der Waals surface area contributed by atoms with E-state index < -0.39 is 0 Å². The van der Waals surface area contributed by atoms with Gasteiger partial charge in [-0.2, -0.15) is 0 Å². The van der Waals surface area contributed by atoms with Gasteiger partial charge in [0.25, 0.3) is 0 Å². The van der Waals surface area contributed by atoms with Crippen molar-refractivity contribution < 1.29 is 9.63 Å². The normalized spacial score (nSPS) is 46.3. The van der Waals surface area contributed by atoms with Crippen molar-refractivity contribution in [3.8, 4) is 0 Å². The van der Waals surface area contributed by atoms with Crippen molar-refractivity contribution in [3.63, 3.8) is 0 Å². The zero-order valence-electron chi connectivity index (χ0n) is 18.8. The van der Waals surface area contributed by atoms with Crippen LogP contribution in [-0.2, 0) is 9.63 Å². The van der Waals surface area contributed by atoms with Crippen LogP contribution in [-0.4, -0.2) is 31.7 Å². The molecule has 0 amide bonds. The Balaban J connectivity index is 1.35. The second kappa shape index (κ2) is 7.07. The maximum atomic E-state index is 12.7. The van der Waals surface area contributed by atoms with E-state index in [-0.39, 0.29) is 5.41 Å². The summed E-state index contributed by atoms with van der Waals surface area (Å²) < 4.78 is 0. The van der Waals surface area contributed by atoms with Gasteiger partial charge in [0.15, 0.2) is 0 Å². The van der Waals surface area contributed by atoms with Crippen molar-refractivity contribution in [2.45, 2.75) is 84.5 Å². The first kappa shape index (κ1) is 20.0. The number of nitrogens with one attached hydrogen (secondary N) is 1. The van der Waals surface area contributed by atoms with Crippen LogP contribution < -0.4 is 5.32 Å². The molecule has 5 aliphatic carbocycles. The zero-order chi connectivity index (χ0) is 20.3. The molecule has 0 aliphatic heterocycles. The summed E-state index contributed by atoms with van der Waals surface area (Å²) in [6.45, 7) is 6.64. The van der Waals surface area contributed by atoms with E-state index in [0.717, 1.165) is 63.0 Å². The molecule has 0 bridgehead atoms. The van der Waals surface area contributed by atoms with Gasteiger partial charge in [0.2, 0.25) is 0 Å². The number of fused-ring (bicyclic) bond motifs is 6. The van der Waals surface area contributed by atoms with Crippen LogP contribution in [0.4, 0.5) is 0 Å². The SMILES string of the molecule is CNCCCO/N=C1\CC[C@@]2(C)[C@H](C1)C1(CC1)C[C@@H]1[C@@H]2CC[C@]2(C)C(=O)CC[C@@H]12. The average Bonchev–Trinajstić information content (AvgIpc) is 3.40. The number of ketones is 1. The maximum Gasteiger partial charge on any atom is 0.139 e. The highest BCUT2D eigenvalue weighted by molar-refractivity contribution is 5.87. The third-order valence-electron chi connectivity index (χ3n) is 10.3. The second-order valence-corrected chi connectivity index (χ2v) is 11.6. The predicted octanol–water partition coefficient (Wildman–Crippen LogP) is 4.97. The first-order valence-corrected chi connectivity index (χ1v) is 12.3. The lowest BCUT2D eigenvalue weighted by atomic mass is 9.42. The van der Waals surface area contributed by atoms with Gasteiger partial charge in [0.1, 0.15) is 12.4 Å². The van der Waals surface area contributed by atoms with Gasteiger partial charge in [-0.15, -0.1) is 0 Å². The number of hydrogen-bond donors (Lipinski definition) is 1. The summed E-state index contributed by atoms with van der Waals surface area (Å²) in [5, 5.41) is 7.76. The summed E-state index contributed by atoms with van der Waals surface area (Å²) in [6, 6.07) is 0. The van der Waals surface area contributed by atoms with Crippen molar-refractivity contribution in [3.05, 3.63) is 0 Å². The smallest absolute Gasteiger partial charge is 0.139 e. The highest BCUT2D eigenvalue weighted by atomic mass is 16.6. The van der Waals surface area contributed by atoms with Crippen LogP contribution in [0.2, 0.25) is 0 Å². The summed E-state index contributed by atoms with van der Waals surface area (Å²) >= 11 is 0. The average molecular weight is 401 g/mol. The molecule has 6 atom stereocenters. The molecule has 0 saturated heterocycles. The Morgan fingerprint density at radius 1 is 1.10 bits per heavy atom. The minimum atomic E-state index is 0.00289. The molecule has 1 spiro atoms. The van der Waals surface area contributed by atoms with Crippen LogP contribution in [0.25, 0.3) is 0 Å². The number of carbonyl (C=O) groups excluding carboxylic acids is 1. The summed E-state index contributed by atoms with van der Waals surface area (Å²) in [5.41, 5.74) is 2.31. The minimum absolute atomic E-state index is 0.00289. The fourth-order valence-electron chi connectivity index (χ4n) is 8.54. The molecule has 162 valence electrons. The second-order valence-electron chi connectivity index (χ2n) is 11.6. The van der Waals surface area contributed by atoms with Gasteiger partial charge < -0.3 is 10.2 Å². The van der Waals surface area contributed by atoms with Crippen LogP contribution in [0.1, 0.15) is 84.5 Å². The fourth-order valence-corrected chi connectivity index (χ4v) is 8.54. The monoisotopic (exact) mass is 400 g/mol. The third-order valence-corrected chi connectivity index (χ3v) is 10.3. The molecule has 0 unspecified atom stereocenters. The summed E-state index contributed by atoms with van der Waals surface area (Å²) in [4.78, 5) is 18.4. The molecule has 0 radical (unpaired) electrons. The van der Waals surface area contributed by atoms with Gasteiger partial charge in [-0.05, 0) is 112 Å². The highest BCUT2D eigenvalue weighted by Crippen LogP contribution is 2.75. The van der Waals surface area contributed by atoms with E-state index in [0.29, 0.717) is 22.5 Å². The summed E-state index contributed by atoms with van der Waals surface area (Å²) in [6.07, 6.45) is 13.2. The van der Waals surface area contributed by atoms with Gasteiger partial charge in [-0.25, -0.2) is 0 Å².